The van der Waals surface area contributed by atoms with Crippen LogP contribution in [-0.4, -0.2) is 24.4 Å². The molecule has 0 fully saturated rings. The Morgan fingerprint density at radius 2 is 2.05 bits per heavy atom. The van der Waals surface area contributed by atoms with Crippen LogP contribution in [0.25, 0.3) is 6.08 Å². The van der Waals surface area contributed by atoms with Crippen LogP contribution in [0.2, 0.25) is 5.02 Å². The van der Waals surface area contributed by atoms with Crippen molar-refractivity contribution in [2.75, 3.05) is 6.54 Å². The summed E-state index contributed by atoms with van der Waals surface area (Å²) in [6.45, 7) is 4.22. The second-order valence-electron chi connectivity index (χ2n) is 4.38. The number of nitrogens with one attached hydrogen (secondary N) is 2. The van der Waals surface area contributed by atoms with Crippen LogP contribution in [0.5, 0.6) is 0 Å². The summed E-state index contributed by atoms with van der Waals surface area (Å²) in [5.74, 6) is -0.518. The molecule has 0 aliphatic heterocycles. The van der Waals surface area contributed by atoms with Crippen molar-refractivity contribution in [3.63, 3.8) is 0 Å². The summed E-state index contributed by atoms with van der Waals surface area (Å²) in [6, 6.07) is 6.65. The second-order valence-corrected chi connectivity index (χ2v) is 4.78. The lowest BCUT2D eigenvalue weighted by Gasteiger charge is -2.12. The third-order valence-electron chi connectivity index (χ3n) is 2.62. The molecule has 0 aromatic heterocycles. The van der Waals surface area contributed by atoms with Gasteiger partial charge in [-0.2, -0.15) is 0 Å². The van der Waals surface area contributed by atoms with Crippen LogP contribution in [0.3, 0.4) is 0 Å². The molecule has 1 aromatic rings. The number of hydrogen-bond donors (Lipinski definition) is 2. The number of carbonyl (C=O) groups excluding carboxylic acids is 2. The lowest BCUT2D eigenvalue weighted by atomic mass is 10.2. The summed E-state index contributed by atoms with van der Waals surface area (Å²) in [5.41, 5.74) is 0.757. The summed E-state index contributed by atoms with van der Waals surface area (Å²) < 4.78 is 0. The Balaban J connectivity index is 2.51. The van der Waals surface area contributed by atoms with Crippen molar-refractivity contribution in [3.05, 3.63) is 40.9 Å². The molecular weight excluding hydrogens is 276 g/mol. The normalized spacial score (nSPS) is 12.2. The molecule has 1 rings (SSSR count). The first kappa shape index (κ1) is 16.2. The van der Waals surface area contributed by atoms with Crippen LogP contribution in [0.15, 0.2) is 30.3 Å². The van der Waals surface area contributed by atoms with Crippen LogP contribution >= 0.6 is 11.6 Å². The molecule has 0 bridgehead atoms. The van der Waals surface area contributed by atoms with Crippen molar-refractivity contribution in [2.45, 2.75) is 26.3 Å². The summed E-state index contributed by atoms with van der Waals surface area (Å²) >= 11 is 5.97. The van der Waals surface area contributed by atoms with Gasteiger partial charge in [0, 0.05) is 17.6 Å². The summed E-state index contributed by atoms with van der Waals surface area (Å²) in [7, 11) is 0. The van der Waals surface area contributed by atoms with E-state index in [0.717, 1.165) is 12.0 Å². The van der Waals surface area contributed by atoms with Gasteiger partial charge in [-0.1, -0.05) is 36.7 Å². The Morgan fingerprint density at radius 1 is 1.35 bits per heavy atom. The van der Waals surface area contributed by atoms with Gasteiger partial charge in [0.05, 0.1) is 0 Å². The van der Waals surface area contributed by atoms with Crippen LogP contribution in [0.4, 0.5) is 0 Å². The molecule has 2 amide bonds. The lowest BCUT2D eigenvalue weighted by molar-refractivity contribution is -0.126. The zero-order valence-corrected chi connectivity index (χ0v) is 12.4. The van der Waals surface area contributed by atoms with Gasteiger partial charge in [-0.25, -0.2) is 0 Å². The number of rotatable bonds is 6. The molecule has 4 nitrogen and oxygen atoms in total. The highest BCUT2D eigenvalue weighted by molar-refractivity contribution is 6.32. The number of benzene rings is 1. The van der Waals surface area contributed by atoms with E-state index in [1.54, 1.807) is 19.1 Å². The minimum atomic E-state index is -0.565. The maximum Gasteiger partial charge on any atom is 0.244 e. The Hall–Kier alpha value is -1.81. The molecule has 5 heteroatoms. The standard InChI is InChI=1S/C15H19ClN2O2/c1-3-10-17-15(20)11(2)18-14(19)9-8-12-6-4-5-7-13(12)16/h4-9,11H,3,10H2,1-2H3,(H,17,20)(H,18,19)/b9-8+/t11-/m1/s1. The van der Waals surface area contributed by atoms with Gasteiger partial charge in [-0.15, -0.1) is 0 Å². The van der Waals surface area contributed by atoms with Crippen LogP contribution in [0, 0.1) is 0 Å². The maximum absolute atomic E-state index is 11.7. The Kier molecular flexibility index (Phi) is 6.81. The first-order chi connectivity index (χ1) is 9.54. The van der Waals surface area contributed by atoms with E-state index in [1.807, 2.05) is 25.1 Å². The van der Waals surface area contributed by atoms with Crippen molar-refractivity contribution < 1.29 is 9.59 Å². The van der Waals surface area contributed by atoms with Gasteiger partial charge in [-0.3, -0.25) is 9.59 Å². The van der Waals surface area contributed by atoms with Gasteiger partial charge in [-0.05, 0) is 31.1 Å². The van der Waals surface area contributed by atoms with Crippen molar-refractivity contribution in [2.24, 2.45) is 0 Å². The molecule has 1 aromatic carbocycles. The molecule has 108 valence electrons. The molecule has 2 N–H and O–H groups in total. The predicted octanol–water partition coefficient (Wildman–Crippen LogP) is 2.38. The maximum atomic E-state index is 11.7. The molecule has 0 aliphatic carbocycles. The quantitative estimate of drug-likeness (QED) is 0.792. The van der Waals surface area contributed by atoms with Gasteiger partial charge >= 0.3 is 0 Å². The first-order valence-electron chi connectivity index (χ1n) is 6.55. The van der Waals surface area contributed by atoms with E-state index in [0.29, 0.717) is 11.6 Å². The van der Waals surface area contributed by atoms with E-state index in [2.05, 4.69) is 10.6 Å². The van der Waals surface area contributed by atoms with Crippen molar-refractivity contribution in [1.29, 1.82) is 0 Å². The van der Waals surface area contributed by atoms with E-state index < -0.39 is 6.04 Å². The van der Waals surface area contributed by atoms with E-state index in [4.69, 9.17) is 11.6 Å². The second kappa shape index (κ2) is 8.38. The van der Waals surface area contributed by atoms with Gasteiger partial charge in [0.15, 0.2) is 0 Å². The number of carbonyl (C=O) groups is 2. The minimum absolute atomic E-state index is 0.189. The minimum Gasteiger partial charge on any atom is -0.354 e. The molecule has 0 saturated carbocycles. The summed E-state index contributed by atoms with van der Waals surface area (Å²) in [6.07, 6.45) is 3.85. The van der Waals surface area contributed by atoms with Gasteiger partial charge < -0.3 is 10.6 Å². The van der Waals surface area contributed by atoms with Gasteiger partial charge in [0.25, 0.3) is 0 Å². The fraction of sp³-hybridized carbons (Fsp3) is 0.333. The molecule has 0 aliphatic rings. The smallest absolute Gasteiger partial charge is 0.244 e. The molecule has 20 heavy (non-hydrogen) atoms. The van der Waals surface area contributed by atoms with E-state index in [9.17, 15) is 9.59 Å². The van der Waals surface area contributed by atoms with Crippen molar-refractivity contribution in [3.8, 4) is 0 Å². The fourth-order valence-corrected chi connectivity index (χ4v) is 1.70. The van der Waals surface area contributed by atoms with Crippen molar-refractivity contribution in [1.82, 2.24) is 10.6 Å². The predicted molar refractivity (Wildman–Crippen MR) is 81.4 cm³/mol. The van der Waals surface area contributed by atoms with Crippen LogP contribution in [0.1, 0.15) is 25.8 Å². The lowest BCUT2D eigenvalue weighted by Crippen LogP contribution is -2.44. The zero-order chi connectivity index (χ0) is 15.0. The Labute approximate surface area is 124 Å². The number of hydrogen-bond acceptors (Lipinski definition) is 2. The van der Waals surface area contributed by atoms with E-state index >= 15 is 0 Å². The number of amides is 2. The fourth-order valence-electron chi connectivity index (χ4n) is 1.50. The highest BCUT2D eigenvalue weighted by Gasteiger charge is 2.13. The summed E-state index contributed by atoms with van der Waals surface area (Å²) in [4.78, 5) is 23.3. The highest BCUT2D eigenvalue weighted by atomic mass is 35.5. The van der Waals surface area contributed by atoms with Crippen molar-refractivity contribution >= 4 is 29.5 Å². The third-order valence-corrected chi connectivity index (χ3v) is 2.96. The number of halogens is 1. The van der Waals surface area contributed by atoms with Gasteiger partial charge in [0.2, 0.25) is 11.8 Å². The topological polar surface area (TPSA) is 58.2 Å². The van der Waals surface area contributed by atoms with E-state index in [1.165, 1.54) is 6.08 Å². The molecular formula is C15H19ClN2O2. The first-order valence-corrected chi connectivity index (χ1v) is 6.93. The molecule has 0 spiro atoms. The Bertz CT molecular complexity index is 500. The van der Waals surface area contributed by atoms with E-state index in [-0.39, 0.29) is 11.8 Å². The summed E-state index contributed by atoms with van der Waals surface area (Å²) in [5, 5.41) is 5.89. The zero-order valence-electron chi connectivity index (χ0n) is 11.7. The molecule has 0 heterocycles. The molecule has 0 radical (unpaired) electrons. The monoisotopic (exact) mass is 294 g/mol. The SMILES string of the molecule is CCCNC(=O)[C@@H](C)NC(=O)/C=C/c1ccccc1Cl. The third kappa shape index (κ3) is 5.45. The largest absolute Gasteiger partial charge is 0.354 e. The average molecular weight is 295 g/mol. The van der Waals surface area contributed by atoms with Crippen LogP contribution < -0.4 is 10.6 Å². The average Bonchev–Trinajstić information content (AvgIpc) is 2.43. The molecule has 0 saturated heterocycles. The molecule has 1 atom stereocenters. The molecule has 0 unspecified atom stereocenters. The highest BCUT2D eigenvalue weighted by Crippen LogP contribution is 2.15. The Morgan fingerprint density at radius 3 is 2.70 bits per heavy atom. The van der Waals surface area contributed by atoms with Crippen LogP contribution in [-0.2, 0) is 9.59 Å². The van der Waals surface area contributed by atoms with Gasteiger partial charge in [0.1, 0.15) is 6.04 Å².